The van der Waals surface area contributed by atoms with Gasteiger partial charge in [0.25, 0.3) is 0 Å². The molecule has 0 bridgehead atoms. The van der Waals surface area contributed by atoms with E-state index >= 15 is 0 Å². The van der Waals surface area contributed by atoms with E-state index in [0.717, 1.165) is 41.9 Å². The first-order valence-corrected chi connectivity index (χ1v) is 14.1. The number of nitrogens with one attached hydrogen (secondary N) is 1. The van der Waals surface area contributed by atoms with Crippen LogP contribution in [0.3, 0.4) is 0 Å². The van der Waals surface area contributed by atoms with Crippen LogP contribution in [-0.2, 0) is 20.0 Å². The number of rotatable bonds is 7. The number of hydrogen-bond acceptors (Lipinski definition) is 6. The molecule has 33 heavy (non-hydrogen) atoms. The zero-order valence-corrected chi connectivity index (χ0v) is 20.6. The van der Waals surface area contributed by atoms with Gasteiger partial charge in [-0.3, -0.25) is 0 Å². The van der Waals surface area contributed by atoms with Crippen LogP contribution in [0, 0.1) is 0 Å². The molecule has 0 aliphatic heterocycles. The fraction of sp³-hybridized carbons (Fsp3) is 0.435. The molecule has 1 amide bonds. The van der Waals surface area contributed by atoms with Gasteiger partial charge in [0.05, 0.1) is 16.4 Å². The van der Waals surface area contributed by atoms with Gasteiger partial charge < -0.3 is 5.32 Å². The Bertz CT molecular complexity index is 1290. The van der Waals surface area contributed by atoms with E-state index in [1.54, 1.807) is 17.4 Å². The fourth-order valence-corrected chi connectivity index (χ4v) is 7.12. The Hall–Kier alpha value is -2.23. The predicted octanol–water partition coefficient (Wildman–Crippen LogP) is 4.76. The molecular formula is C23H25ClN4O3S2. The molecule has 0 radical (unpaired) electrons. The molecule has 2 aromatic heterocycles. The van der Waals surface area contributed by atoms with Crippen molar-refractivity contribution in [2.45, 2.75) is 48.7 Å². The molecular weight excluding hydrogens is 480 g/mol. The van der Waals surface area contributed by atoms with Crippen molar-refractivity contribution in [1.82, 2.24) is 20.1 Å². The first-order chi connectivity index (χ1) is 15.7. The number of nitrogens with zero attached hydrogens (tertiary/aromatic N) is 3. The van der Waals surface area contributed by atoms with Gasteiger partial charge in [-0.05, 0) is 50.3 Å². The average molecular weight is 505 g/mol. The van der Waals surface area contributed by atoms with Crippen LogP contribution in [0.15, 0.2) is 41.9 Å². The minimum atomic E-state index is -3.26. The summed E-state index contributed by atoms with van der Waals surface area (Å²) in [5.41, 5.74) is 2.44. The zero-order chi connectivity index (χ0) is 23.3. The largest absolute Gasteiger partial charge is 0.342 e. The van der Waals surface area contributed by atoms with Crippen molar-refractivity contribution in [3.63, 3.8) is 0 Å². The average Bonchev–Trinajstić information content (AvgIpc) is 3.19. The topological polar surface area (TPSA) is 94.0 Å². The van der Waals surface area contributed by atoms with Crippen molar-refractivity contribution < 1.29 is 13.2 Å². The quantitative estimate of drug-likeness (QED) is 0.500. The Morgan fingerprint density at radius 1 is 1.18 bits per heavy atom. The Morgan fingerprint density at radius 2 is 1.91 bits per heavy atom. The molecule has 0 spiro atoms. The summed E-state index contributed by atoms with van der Waals surface area (Å²) >= 11 is 7.67. The van der Waals surface area contributed by atoms with Crippen molar-refractivity contribution in [1.29, 1.82) is 0 Å². The maximum absolute atomic E-state index is 12.6. The summed E-state index contributed by atoms with van der Waals surface area (Å²) in [7, 11) is -3.26. The van der Waals surface area contributed by atoms with E-state index in [2.05, 4.69) is 15.8 Å². The highest BCUT2D eigenvalue weighted by Crippen LogP contribution is 2.51. The van der Waals surface area contributed by atoms with Crippen molar-refractivity contribution in [3.05, 3.63) is 57.6 Å². The van der Waals surface area contributed by atoms with Crippen molar-refractivity contribution in [2.24, 2.45) is 0 Å². The highest BCUT2D eigenvalue weighted by atomic mass is 35.5. The molecule has 7 nitrogen and oxygen atoms in total. The summed E-state index contributed by atoms with van der Waals surface area (Å²) in [5.74, 6) is 0. The number of carbonyl (C=O) groups excluding carboxylic acids is 1. The minimum Gasteiger partial charge on any atom is -0.336 e. The molecule has 174 valence electrons. The van der Waals surface area contributed by atoms with E-state index in [-0.39, 0.29) is 11.4 Å². The molecule has 2 saturated carbocycles. The zero-order valence-electron chi connectivity index (χ0n) is 18.3. The molecule has 1 N–H and O–H groups in total. The van der Waals surface area contributed by atoms with E-state index < -0.39 is 14.6 Å². The molecule has 3 aromatic rings. The molecule has 2 aliphatic rings. The van der Waals surface area contributed by atoms with Crippen molar-refractivity contribution in [3.8, 4) is 11.3 Å². The number of sulfone groups is 1. The minimum absolute atomic E-state index is 0.00768. The third kappa shape index (κ3) is 4.11. The molecule has 0 saturated heterocycles. The van der Waals surface area contributed by atoms with Gasteiger partial charge in [-0.25, -0.2) is 18.2 Å². The number of benzene rings is 1. The van der Waals surface area contributed by atoms with Crippen LogP contribution in [0.4, 0.5) is 4.79 Å². The lowest BCUT2D eigenvalue weighted by Gasteiger charge is -2.40. The normalized spacial score (nSPS) is 18.5. The number of carbonyl (C=O) groups is 1. The second-order valence-electron chi connectivity index (χ2n) is 9.07. The van der Waals surface area contributed by atoms with Gasteiger partial charge in [0.2, 0.25) is 0 Å². The SMILES string of the molecule is CS(=O)(=O)C1(c2ccn(C(=O)NCCC3(c4nc(-c5ccc(Cl)cc5)cs4)CCC3)n2)CC1. The van der Waals surface area contributed by atoms with Crippen LogP contribution in [0.5, 0.6) is 0 Å². The molecule has 1 aromatic carbocycles. The van der Waals surface area contributed by atoms with E-state index in [9.17, 15) is 13.2 Å². The Balaban J connectivity index is 1.22. The first kappa shape index (κ1) is 22.6. The monoisotopic (exact) mass is 504 g/mol. The van der Waals surface area contributed by atoms with Gasteiger partial charge in [0, 0.05) is 40.4 Å². The molecule has 10 heteroatoms. The summed E-state index contributed by atoms with van der Waals surface area (Å²) in [6.45, 7) is 0.501. The Morgan fingerprint density at radius 3 is 2.52 bits per heavy atom. The van der Waals surface area contributed by atoms with Crippen LogP contribution in [-0.4, -0.2) is 42.0 Å². The lowest BCUT2D eigenvalue weighted by Crippen LogP contribution is -2.39. The highest BCUT2D eigenvalue weighted by Gasteiger charge is 2.55. The molecule has 0 unspecified atom stereocenters. The molecule has 0 atom stereocenters. The summed E-state index contributed by atoms with van der Waals surface area (Å²) in [5, 5.41) is 11.1. The van der Waals surface area contributed by atoms with Gasteiger partial charge in [-0.2, -0.15) is 9.78 Å². The first-order valence-electron chi connectivity index (χ1n) is 11.0. The van der Waals surface area contributed by atoms with Gasteiger partial charge >= 0.3 is 6.03 Å². The number of amides is 1. The van der Waals surface area contributed by atoms with Gasteiger partial charge in [-0.1, -0.05) is 30.2 Å². The maximum atomic E-state index is 12.6. The van der Waals surface area contributed by atoms with E-state index in [4.69, 9.17) is 16.6 Å². The second-order valence-corrected chi connectivity index (χ2v) is 12.7. The van der Waals surface area contributed by atoms with Crippen LogP contribution in [0.2, 0.25) is 5.02 Å². The van der Waals surface area contributed by atoms with Crippen LogP contribution >= 0.6 is 22.9 Å². The van der Waals surface area contributed by atoms with Crippen molar-refractivity contribution >= 4 is 38.8 Å². The maximum Gasteiger partial charge on any atom is 0.342 e. The van der Waals surface area contributed by atoms with Crippen LogP contribution < -0.4 is 5.32 Å². The molecule has 5 rings (SSSR count). The smallest absolute Gasteiger partial charge is 0.336 e. The number of aromatic nitrogens is 3. The van der Waals surface area contributed by atoms with Crippen LogP contribution in [0.25, 0.3) is 11.3 Å². The van der Waals surface area contributed by atoms with E-state index in [1.807, 2.05) is 24.3 Å². The summed E-state index contributed by atoms with van der Waals surface area (Å²) in [6.07, 6.45) is 7.94. The predicted molar refractivity (Wildman–Crippen MR) is 129 cm³/mol. The lowest BCUT2D eigenvalue weighted by atomic mass is 9.67. The van der Waals surface area contributed by atoms with Gasteiger partial charge in [0.1, 0.15) is 4.75 Å². The standard InChI is InChI=1S/C23H25ClN4O3S2/c1-33(30,31)23(10-11-23)19-7-14-28(27-19)21(29)25-13-12-22(8-2-9-22)20-26-18(15-32-20)16-3-5-17(24)6-4-16/h3-7,14-15H,2,8-13H2,1H3,(H,25,29). The molecule has 2 fully saturated rings. The number of thiazole rings is 1. The summed E-state index contributed by atoms with van der Waals surface area (Å²) < 4.78 is 24.5. The molecule has 2 aliphatic carbocycles. The number of hydrogen-bond donors (Lipinski definition) is 1. The Kier molecular flexibility index (Phi) is 5.61. The van der Waals surface area contributed by atoms with Gasteiger partial charge in [-0.15, -0.1) is 11.3 Å². The van der Waals surface area contributed by atoms with Crippen LogP contribution in [0.1, 0.15) is 49.2 Å². The Labute approximate surface area is 202 Å². The summed E-state index contributed by atoms with van der Waals surface area (Å²) in [6, 6.07) is 8.97. The molecule has 2 heterocycles. The van der Waals surface area contributed by atoms with Gasteiger partial charge in [0.15, 0.2) is 9.84 Å². The second kappa shape index (κ2) is 8.21. The lowest BCUT2D eigenvalue weighted by molar-refractivity contribution is 0.216. The highest BCUT2D eigenvalue weighted by molar-refractivity contribution is 7.91. The van der Waals surface area contributed by atoms with E-state index in [1.165, 1.54) is 17.1 Å². The third-order valence-electron chi connectivity index (χ3n) is 6.97. The number of halogens is 1. The van der Waals surface area contributed by atoms with E-state index in [0.29, 0.717) is 30.1 Å². The third-order valence-corrected chi connectivity index (χ3v) is 10.3. The van der Waals surface area contributed by atoms with Crippen molar-refractivity contribution in [2.75, 3.05) is 12.8 Å². The summed E-state index contributed by atoms with van der Waals surface area (Å²) in [4.78, 5) is 17.5. The fourth-order valence-electron chi connectivity index (χ4n) is 4.55.